The lowest BCUT2D eigenvalue weighted by Crippen LogP contribution is -2.22. The summed E-state index contributed by atoms with van der Waals surface area (Å²) in [5.41, 5.74) is 0.793. The molecule has 0 bridgehead atoms. The number of carbonyl (C=O) groups is 1. The lowest BCUT2D eigenvalue weighted by Gasteiger charge is -2.10. The molecule has 0 saturated carbocycles. The molecule has 1 fully saturated rings. The lowest BCUT2D eigenvalue weighted by atomic mass is 10.1. The molecular formula is C15H23ClN2O3. The quantitative estimate of drug-likeness (QED) is 0.757. The van der Waals surface area contributed by atoms with Gasteiger partial charge in [-0.05, 0) is 37.2 Å². The van der Waals surface area contributed by atoms with E-state index < -0.39 is 0 Å². The summed E-state index contributed by atoms with van der Waals surface area (Å²) in [4.78, 5) is 11.9. The zero-order valence-electron chi connectivity index (χ0n) is 12.3. The van der Waals surface area contributed by atoms with Gasteiger partial charge in [0.2, 0.25) is 5.91 Å². The SMILES string of the molecule is CCNCCOc1ccc(NC(=O)C2CCOC2)cc1.Cl. The first-order chi connectivity index (χ1) is 9.79. The van der Waals surface area contributed by atoms with Gasteiger partial charge in [0.25, 0.3) is 0 Å². The Balaban J connectivity index is 0.00000220. The monoisotopic (exact) mass is 314 g/mol. The van der Waals surface area contributed by atoms with E-state index in [2.05, 4.69) is 17.6 Å². The Morgan fingerprint density at radius 2 is 2.14 bits per heavy atom. The first-order valence-corrected chi connectivity index (χ1v) is 7.12. The first kappa shape index (κ1) is 17.8. The Hall–Kier alpha value is -1.30. The minimum Gasteiger partial charge on any atom is -0.492 e. The predicted molar refractivity (Wildman–Crippen MR) is 85.3 cm³/mol. The Kier molecular flexibility index (Phi) is 8.12. The largest absolute Gasteiger partial charge is 0.492 e. The maximum Gasteiger partial charge on any atom is 0.229 e. The molecule has 6 heteroatoms. The van der Waals surface area contributed by atoms with Crippen LogP contribution in [0.25, 0.3) is 0 Å². The van der Waals surface area contributed by atoms with Crippen LogP contribution in [0.1, 0.15) is 13.3 Å². The third-order valence-corrected chi connectivity index (χ3v) is 3.22. The predicted octanol–water partition coefficient (Wildman–Crippen LogP) is 2.07. The van der Waals surface area contributed by atoms with Crippen LogP contribution in [0.3, 0.4) is 0 Å². The number of hydrogen-bond donors (Lipinski definition) is 2. The molecule has 1 unspecified atom stereocenters. The van der Waals surface area contributed by atoms with Gasteiger partial charge in [-0.25, -0.2) is 0 Å². The van der Waals surface area contributed by atoms with Gasteiger partial charge < -0.3 is 20.1 Å². The number of anilines is 1. The number of benzene rings is 1. The molecular weight excluding hydrogens is 292 g/mol. The number of likely N-dealkylation sites (N-methyl/N-ethyl adjacent to an activating group) is 1. The van der Waals surface area contributed by atoms with Crippen LogP contribution in [0.15, 0.2) is 24.3 Å². The first-order valence-electron chi connectivity index (χ1n) is 7.12. The zero-order chi connectivity index (χ0) is 14.2. The van der Waals surface area contributed by atoms with Gasteiger partial charge in [-0.2, -0.15) is 0 Å². The van der Waals surface area contributed by atoms with Crippen molar-refractivity contribution >= 4 is 24.0 Å². The molecule has 21 heavy (non-hydrogen) atoms. The van der Waals surface area contributed by atoms with E-state index in [9.17, 15) is 4.79 Å². The molecule has 1 saturated heterocycles. The second-order valence-electron chi connectivity index (χ2n) is 4.78. The van der Waals surface area contributed by atoms with Crippen LogP contribution in [-0.2, 0) is 9.53 Å². The normalized spacial score (nSPS) is 17.1. The van der Waals surface area contributed by atoms with Crippen molar-refractivity contribution in [1.82, 2.24) is 5.32 Å². The molecule has 1 aromatic rings. The van der Waals surface area contributed by atoms with E-state index in [1.54, 1.807) is 0 Å². The number of rotatable bonds is 7. The summed E-state index contributed by atoms with van der Waals surface area (Å²) in [7, 11) is 0. The van der Waals surface area contributed by atoms with Gasteiger partial charge in [-0.3, -0.25) is 4.79 Å². The number of ether oxygens (including phenoxy) is 2. The molecule has 1 aromatic carbocycles. The van der Waals surface area contributed by atoms with Crippen molar-refractivity contribution in [2.24, 2.45) is 5.92 Å². The summed E-state index contributed by atoms with van der Waals surface area (Å²) < 4.78 is 10.8. The smallest absolute Gasteiger partial charge is 0.229 e. The Bertz CT molecular complexity index is 419. The third kappa shape index (κ3) is 5.91. The Labute approximate surface area is 131 Å². The number of carbonyl (C=O) groups excluding carboxylic acids is 1. The number of amides is 1. The topological polar surface area (TPSA) is 59.6 Å². The molecule has 2 N–H and O–H groups in total. The minimum atomic E-state index is -0.0222. The molecule has 1 heterocycles. The van der Waals surface area contributed by atoms with Crippen molar-refractivity contribution in [3.8, 4) is 5.75 Å². The van der Waals surface area contributed by atoms with Gasteiger partial charge in [-0.15, -0.1) is 12.4 Å². The summed E-state index contributed by atoms with van der Waals surface area (Å²) in [6.45, 7) is 5.68. The Morgan fingerprint density at radius 3 is 2.76 bits per heavy atom. The molecule has 118 valence electrons. The summed E-state index contributed by atoms with van der Waals surface area (Å²) in [6.07, 6.45) is 0.803. The van der Waals surface area contributed by atoms with Crippen LogP contribution < -0.4 is 15.4 Å². The summed E-state index contributed by atoms with van der Waals surface area (Å²) in [5, 5.41) is 6.09. The van der Waals surface area contributed by atoms with Crippen molar-refractivity contribution in [2.75, 3.05) is 38.2 Å². The maximum absolute atomic E-state index is 11.9. The molecule has 0 radical (unpaired) electrons. The molecule has 0 aliphatic carbocycles. The van der Waals surface area contributed by atoms with E-state index in [0.717, 1.165) is 30.9 Å². The standard InChI is InChI=1S/C15H22N2O3.ClH/c1-2-16-8-10-20-14-5-3-13(4-6-14)17-15(18)12-7-9-19-11-12;/h3-6,12,16H,2,7-11H2,1H3,(H,17,18);1H. The summed E-state index contributed by atoms with van der Waals surface area (Å²) in [6, 6.07) is 7.45. The van der Waals surface area contributed by atoms with Crippen LogP contribution in [-0.4, -0.2) is 38.8 Å². The molecule has 1 aliphatic heterocycles. The van der Waals surface area contributed by atoms with E-state index in [4.69, 9.17) is 9.47 Å². The van der Waals surface area contributed by atoms with Crippen molar-refractivity contribution < 1.29 is 14.3 Å². The van der Waals surface area contributed by atoms with Gasteiger partial charge in [0, 0.05) is 18.8 Å². The van der Waals surface area contributed by atoms with E-state index in [-0.39, 0.29) is 24.2 Å². The maximum atomic E-state index is 11.9. The number of hydrogen-bond acceptors (Lipinski definition) is 4. The van der Waals surface area contributed by atoms with Crippen LogP contribution in [0.4, 0.5) is 5.69 Å². The van der Waals surface area contributed by atoms with E-state index >= 15 is 0 Å². The van der Waals surface area contributed by atoms with Crippen LogP contribution >= 0.6 is 12.4 Å². The third-order valence-electron chi connectivity index (χ3n) is 3.22. The summed E-state index contributed by atoms with van der Waals surface area (Å²) in [5.74, 6) is 0.819. The second-order valence-corrected chi connectivity index (χ2v) is 4.78. The molecule has 1 amide bonds. The molecule has 1 aliphatic rings. The van der Waals surface area contributed by atoms with Crippen molar-refractivity contribution in [3.05, 3.63) is 24.3 Å². The van der Waals surface area contributed by atoms with Crippen LogP contribution in [0.5, 0.6) is 5.75 Å². The fourth-order valence-electron chi connectivity index (χ4n) is 2.04. The van der Waals surface area contributed by atoms with Gasteiger partial charge >= 0.3 is 0 Å². The summed E-state index contributed by atoms with van der Waals surface area (Å²) >= 11 is 0. The average molecular weight is 315 g/mol. The highest BCUT2D eigenvalue weighted by molar-refractivity contribution is 5.92. The minimum absolute atomic E-state index is 0. The molecule has 0 aromatic heterocycles. The zero-order valence-corrected chi connectivity index (χ0v) is 13.1. The van der Waals surface area contributed by atoms with Crippen molar-refractivity contribution in [3.63, 3.8) is 0 Å². The van der Waals surface area contributed by atoms with E-state index in [1.165, 1.54) is 0 Å². The van der Waals surface area contributed by atoms with Gasteiger partial charge in [0.15, 0.2) is 0 Å². The lowest BCUT2D eigenvalue weighted by molar-refractivity contribution is -0.119. The average Bonchev–Trinajstić information content (AvgIpc) is 3.00. The Morgan fingerprint density at radius 1 is 1.38 bits per heavy atom. The van der Waals surface area contributed by atoms with E-state index in [0.29, 0.717) is 19.8 Å². The molecule has 0 spiro atoms. The molecule has 5 nitrogen and oxygen atoms in total. The van der Waals surface area contributed by atoms with Gasteiger partial charge in [-0.1, -0.05) is 6.92 Å². The fraction of sp³-hybridized carbons (Fsp3) is 0.533. The van der Waals surface area contributed by atoms with Crippen molar-refractivity contribution in [2.45, 2.75) is 13.3 Å². The van der Waals surface area contributed by atoms with Crippen LogP contribution in [0, 0.1) is 5.92 Å². The second kappa shape index (κ2) is 9.60. The van der Waals surface area contributed by atoms with Crippen LogP contribution in [0.2, 0.25) is 0 Å². The highest BCUT2D eigenvalue weighted by Gasteiger charge is 2.23. The van der Waals surface area contributed by atoms with Crippen molar-refractivity contribution in [1.29, 1.82) is 0 Å². The molecule has 2 rings (SSSR count). The van der Waals surface area contributed by atoms with Gasteiger partial charge in [0.05, 0.1) is 12.5 Å². The number of halogens is 1. The fourth-order valence-corrected chi connectivity index (χ4v) is 2.04. The molecule has 1 atom stereocenters. The van der Waals surface area contributed by atoms with E-state index in [1.807, 2.05) is 24.3 Å². The number of nitrogens with one attached hydrogen (secondary N) is 2. The highest BCUT2D eigenvalue weighted by atomic mass is 35.5. The highest BCUT2D eigenvalue weighted by Crippen LogP contribution is 2.18. The van der Waals surface area contributed by atoms with Gasteiger partial charge in [0.1, 0.15) is 12.4 Å².